The van der Waals surface area contributed by atoms with Crippen LogP contribution in [-0.4, -0.2) is 128 Å². The van der Waals surface area contributed by atoms with Gasteiger partial charge < -0.3 is 37.4 Å². The number of pyridine rings is 4. The molecule has 0 fully saturated rings. The van der Waals surface area contributed by atoms with Crippen LogP contribution in [-0.2, 0) is 9.47 Å². The average Bonchev–Trinajstić information content (AvgIpc) is 1.68. The number of carbonyl (C=O) groups is 4. The number of esters is 2. The Hall–Kier alpha value is -15.8. The Labute approximate surface area is 649 Å². The molecule has 0 saturated carbocycles. The van der Waals surface area contributed by atoms with Crippen molar-refractivity contribution in [2.24, 2.45) is 0 Å². The number of carboxylic acids is 2. The Bertz CT molecular complexity index is 6930. The van der Waals surface area contributed by atoms with Gasteiger partial charge >= 0.3 is 23.9 Å². The third kappa shape index (κ3) is 15.1. The molecular weight excluding hydrogens is 1560 g/mol. The number of rotatable bonds is 11. The molecule has 20 rings (SSSR count). The number of carboxylic acid groups (broad SMARTS) is 2. The fourth-order valence-corrected chi connectivity index (χ4v) is 12.4. The molecule has 0 unspecified atom stereocenters. The van der Waals surface area contributed by atoms with Gasteiger partial charge in [0.25, 0.3) is 0 Å². The Morgan fingerprint density at radius 1 is 0.374 bits per heavy atom. The molecule has 0 bridgehead atoms. The zero-order chi connectivity index (χ0) is 79.5. The van der Waals surface area contributed by atoms with E-state index in [1.54, 1.807) is 38.7 Å². The van der Waals surface area contributed by atoms with Gasteiger partial charge in [-0.1, -0.05) is 72.8 Å². The highest BCUT2D eigenvalue weighted by atomic mass is 79.9. The highest BCUT2D eigenvalue weighted by molar-refractivity contribution is 9.10. The fraction of sp³-hybridized carbons (Fsp3) is 0.0244. The summed E-state index contributed by atoms with van der Waals surface area (Å²) in [6.07, 6.45) is 12.6. The van der Waals surface area contributed by atoms with E-state index in [1.165, 1.54) is 130 Å². The Kier molecular flexibility index (Phi) is 20.0. The molecule has 20 aromatic rings. The first-order chi connectivity index (χ1) is 55.9. The summed E-state index contributed by atoms with van der Waals surface area (Å²) in [5.41, 5.74) is 7.89. The molecule has 0 spiro atoms. The molecule has 3 N–H and O–H groups in total. The number of ether oxygens (including phenoxy) is 2. The van der Waals surface area contributed by atoms with Crippen molar-refractivity contribution in [3.8, 4) is 63.3 Å². The zero-order valence-electron chi connectivity index (χ0n) is 59.2. The van der Waals surface area contributed by atoms with Crippen molar-refractivity contribution in [3.63, 3.8) is 0 Å². The van der Waals surface area contributed by atoms with E-state index in [9.17, 15) is 47.0 Å². The van der Waals surface area contributed by atoms with Crippen LogP contribution < -0.4 is 0 Å². The second-order valence-corrected chi connectivity index (χ2v) is 25.5. The van der Waals surface area contributed by atoms with Gasteiger partial charge in [-0.15, -0.1) is 0 Å². The molecule has 0 radical (unpaired) electrons. The molecular formula is C82H49BrF4N16O12. The molecule has 33 heteroatoms. The number of methoxy groups -OCH3 is 2. The maximum absolute atomic E-state index is 13.5. The van der Waals surface area contributed by atoms with Crippen molar-refractivity contribution in [2.75, 3.05) is 14.2 Å². The van der Waals surface area contributed by atoms with E-state index in [1.807, 2.05) is 103 Å². The molecule has 28 nitrogen and oxygen atoms in total. The van der Waals surface area contributed by atoms with Crippen molar-refractivity contribution < 1.29 is 74.1 Å². The van der Waals surface area contributed by atoms with Gasteiger partial charge in [0.1, 0.15) is 49.9 Å². The lowest BCUT2D eigenvalue weighted by molar-refractivity contribution is 0.0592. The van der Waals surface area contributed by atoms with Crippen LogP contribution in [0.15, 0.2) is 266 Å². The standard InChI is InChI=1S/C21H13FN4O3.2C20H11FN4O3.C14H8BrFN2O3.C7H6N2/c1-28-21(27)14-9-19(26-17-5-3-2-4-12(17)10-24-26)23-11-15(14)20-25-16-7-6-13(22)8-18(16)29-20;2*21-12-5-6-15-17(7-12)28-19(24-15)14-10-22-18(8-13(14)20(26)27)25-16-4-2-1-3-11(16)9-23-25;1-20-14(19)8-5-12(15)17-6-9(8)13-18-10-3-2-7(16)4-11(10)21-13;1-2-4-7-6(3-1)5-8-9-7/h2-11H,1H3;2*1-10H,(H,26,27);2-6H,1H3;1-5H,(H,8,9). The Balaban J connectivity index is 0.000000112. The predicted molar refractivity (Wildman–Crippen MR) is 413 cm³/mol. The highest BCUT2D eigenvalue weighted by Gasteiger charge is 2.26. The van der Waals surface area contributed by atoms with Crippen molar-refractivity contribution in [1.29, 1.82) is 0 Å². The van der Waals surface area contributed by atoms with E-state index in [2.05, 4.69) is 81.3 Å². The molecule has 0 aliphatic heterocycles. The van der Waals surface area contributed by atoms with E-state index < -0.39 is 47.1 Å². The largest absolute Gasteiger partial charge is 0.478 e. The van der Waals surface area contributed by atoms with E-state index in [4.69, 9.17) is 27.1 Å². The van der Waals surface area contributed by atoms with Gasteiger partial charge in [0.2, 0.25) is 23.6 Å². The van der Waals surface area contributed by atoms with Crippen LogP contribution in [0.1, 0.15) is 41.4 Å². The van der Waals surface area contributed by atoms with Crippen LogP contribution in [0, 0.1) is 23.3 Å². The summed E-state index contributed by atoms with van der Waals surface area (Å²) in [6, 6.07) is 52.5. The van der Waals surface area contributed by atoms with E-state index >= 15 is 0 Å². The van der Waals surface area contributed by atoms with Crippen LogP contribution in [0.4, 0.5) is 17.6 Å². The molecule has 0 atom stereocenters. The van der Waals surface area contributed by atoms with Crippen molar-refractivity contribution in [3.05, 3.63) is 294 Å². The van der Waals surface area contributed by atoms with Crippen molar-refractivity contribution >= 4 is 128 Å². The minimum atomic E-state index is -1.16. The van der Waals surface area contributed by atoms with Crippen LogP contribution >= 0.6 is 15.9 Å². The van der Waals surface area contributed by atoms with E-state index in [0.717, 1.165) is 43.6 Å². The van der Waals surface area contributed by atoms with Crippen LogP contribution in [0.5, 0.6) is 0 Å². The monoisotopic (exact) mass is 1600 g/mol. The molecule has 12 aromatic heterocycles. The molecule has 0 amide bonds. The highest BCUT2D eigenvalue weighted by Crippen LogP contribution is 2.35. The lowest BCUT2D eigenvalue weighted by atomic mass is 10.1. The third-order valence-corrected chi connectivity index (χ3v) is 18.0. The first-order valence-electron chi connectivity index (χ1n) is 34.1. The summed E-state index contributed by atoms with van der Waals surface area (Å²) in [4.78, 5) is 82.3. The SMILES string of the molecule is COC(=O)c1cc(-n2ncc3ccccc32)ncc1-c1nc2ccc(F)cc2o1.COC(=O)c1cc(Br)ncc1-c1nc2ccc(F)cc2o1.O=C(O)c1cc(-n2ncc3ccccc32)ncc1-c1nc2ccc(F)cc2o1.O=C(O)c1cc(-n2ncc3ccccc32)ncc1-c1nc2ccc(F)cc2o1.c1ccc2[nH]ncc2c1. The minimum Gasteiger partial charge on any atom is -0.478 e. The third-order valence-electron chi connectivity index (χ3n) is 17.6. The number of aromatic nitrogens is 16. The number of H-pyrrole nitrogens is 1. The summed E-state index contributed by atoms with van der Waals surface area (Å²) in [5, 5.41) is 43.0. The topological polar surface area (TPSA) is 365 Å². The predicted octanol–water partition coefficient (Wildman–Crippen LogP) is 17.4. The van der Waals surface area contributed by atoms with E-state index in [-0.39, 0.29) is 73.7 Å². The van der Waals surface area contributed by atoms with Gasteiger partial charge in [-0.2, -0.15) is 20.4 Å². The molecule has 8 aromatic carbocycles. The molecule has 12 heterocycles. The first kappa shape index (κ1) is 73.4. The van der Waals surface area contributed by atoms with Gasteiger partial charge in [-0.3, -0.25) is 5.10 Å². The fourth-order valence-electron chi connectivity index (χ4n) is 12.1. The molecule has 115 heavy (non-hydrogen) atoms. The molecule has 0 aliphatic rings. The molecule has 0 aliphatic carbocycles. The van der Waals surface area contributed by atoms with Crippen molar-refractivity contribution in [2.45, 2.75) is 0 Å². The van der Waals surface area contributed by atoms with Crippen LogP contribution in [0.2, 0.25) is 0 Å². The lowest BCUT2D eigenvalue weighted by Crippen LogP contribution is -2.08. The minimum absolute atomic E-state index is 0.0448. The number of fused-ring (bicyclic) bond motifs is 8. The number of nitrogens with one attached hydrogen (secondary N) is 1. The summed E-state index contributed by atoms with van der Waals surface area (Å²) >= 11 is 3.19. The summed E-state index contributed by atoms with van der Waals surface area (Å²) in [5.74, 6) is -3.65. The number of halogens is 5. The number of para-hydroxylation sites is 4. The number of hydrogen-bond acceptors (Lipinski definition) is 22. The summed E-state index contributed by atoms with van der Waals surface area (Å²) in [7, 11) is 2.57. The number of carbonyl (C=O) groups excluding carboxylic acids is 2. The van der Waals surface area contributed by atoms with Gasteiger partial charge in [-0.25, -0.2) is 90.7 Å². The summed E-state index contributed by atoms with van der Waals surface area (Å²) in [6.45, 7) is 0. The number of hydrogen-bond donors (Lipinski definition) is 3. The van der Waals surface area contributed by atoms with Gasteiger partial charge in [0, 0.05) is 70.6 Å². The number of aromatic carboxylic acids is 2. The van der Waals surface area contributed by atoms with E-state index in [0.29, 0.717) is 60.8 Å². The number of benzene rings is 8. The Morgan fingerprint density at radius 2 is 0.687 bits per heavy atom. The number of aromatic amines is 1. The quantitative estimate of drug-likeness (QED) is 0.0615. The first-order valence-corrected chi connectivity index (χ1v) is 34.9. The number of oxazole rings is 4. The van der Waals surface area contributed by atoms with Gasteiger partial charge in [0.15, 0.2) is 39.8 Å². The van der Waals surface area contributed by atoms with Gasteiger partial charge in [0.05, 0.1) is 106 Å². The second-order valence-electron chi connectivity index (χ2n) is 24.7. The average molecular weight is 1610 g/mol. The van der Waals surface area contributed by atoms with Crippen LogP contribution in [0.3, 0.4) is 0 Å². The number of nitrogens with zero attached hydrogens (tertiary/aromatic N) is 15. The smallest absolute Gasteiger partial charge is 0.338 e. The summed E-state index contributed by atoms with van der Waals surface area (Å²) < 4.78 is 90.6. The zero-order valence-corrected chi connectivity index (χ0v) is 60.8. The van der Waals surface area contributed by atoms with Crippen LogP contribution in [0.25, 0.3) is 151 Å². The second kappa shape index (κ2) is 31.3. The molecule has 0 saturated heterocycles. The normalized spacial score (nSPS) is 11.1. The molecule has 564 valence electrons. The van der Waals surface area contributed by atoms with Gasteiger partial charge in [-0.05, 0) is 113 Å². The lowest BCUT2D eigenvalue weighted by Gasteiger charge is -2.08. The maximum Gasteiger partial charge on any atom is 0.338 e. The Morgan fingerprint density at radius 3 is 1.03 bits per heavy atom. The maximum atomic E-state index is 13.5. The van der Waals surface area contributed by atoms with Crippen molar-refractivity contribution in [1.82, 2.24) is 79.4 Å².